The van der Waals surface area contributed by atoms with Crippen LogP contribution in [0.1, 0.15) is 143 Å². The molecule has 0 radical (unpaired) electrons. The molecule has 0 bridgehead atoms. The topological polar surface area (TPSA) is 39.2 Å². The summed E-state index contributed by atoms with van der Waals surface area (Å²) in [6.07, 6.45) is 6.68. The van der Waals surface area contributed by atoms with Crippen LogP contribution in [0.2, 0.25) is 18.1 Å². The van der Waals surface area contributed by atoms with Crippen molar-refractivity contribution in [1.82, 2.24) is 4.98 Å². The number of fused-ring (bicyclic) bond motifs is 1. The SMILES string of the molecule is Cc1ccc(C(=O)c2c(C(C)C)nc3c(c2C2CCCC2)[C@@H](O[Si](C)(C)C(C)(C)C)CC(C)(C)C3)cc1. The van der Waals surface area contributed by atoms with Crippen molar-refractivity contribution >= 4 is 14.1 Å². The van der Waals surface area contributed by atoms with Crippen LogP contribution in [-0.2, 0) is 10.8 Å². The molecule has 37 heavy (non-hydrogen) atoms. The number of hydrogen-bond acceptors (Lipinski definition) is 3. The number of carbonyl (C=O) groups excluding carboxylic acids is 1. The summed E-state index contributed by atoms with van der Waals surface area (Å²) >= 11 is 0. The Morgan fingerprint density at radius 2 is 1.65 bits per heavy atom. The van der Waals surface area contributed by atoms with Crippen LogP contribution < -0.4 is 0 Å². The van der Waals surface area contributed by atoms with Crippen LogP contribution in [0.4, 0.5) is 0 Å². The van der Waals surface area contributed by atoms with Crippen molar-refractivity contribution in [3.05, 3.63) is 63.5 Å². The molecule has 1 aromatic carbocycles. The lowest BCUT2D eigenvalue weighted by molar-refractivity contribution is 0.101. The number of aryl methyl sites for hydroxylation is 1. The zero-order valence-corrected chi connectivity index (χ0v) is 26.0. The van der Waals surface area contributed by atoms with Crippen molar-refractivity contribution in [2.45, 2.75) is 130 Å². The van der Waals surface area contributed by atoms with Gasteiger partial charge in [-0.05, 0) is 73.6 Å². The lowest BCUT2D eigenvalue weighted by Crippen LogP contribution is -2.44. The largest absolute Gasteiger partial charge is 0.410 e. The average molecular weight is 520 g/mol. The highest BCUT2D eigenvalue weighted by atomic mass is 28.4. The number of hydrogen-bond donors (Lipinski definition) is 0. The molecule has 2 aromatic rings. The number of pyridine rings is 1. The Morgan fingerprint density at radius 3 is 2.19 bits per heavy atom. The molecule has 1 atom stereocenters. The summed E-state index contributed by atoms with van der Waals surface area (Å²) in [4.78, 5) is 19.7. The molecule has 2 aliphatic rings. The average Bonchev–Trinajstić information content (AvgIpc) is 3.30. The highest BCUT2D eigenvalue weighted by molar-refractivity contribution is 6.74. The number of ketones is 1. The van der Waals surface area contributed by atoms with Gasteiger partial charge in [0.15, 0.2) is 14.1 Å². The molecule has 4 heteroatoms. The van der Waals surface area contributed by atoms with Crippen LogP contribution >= 0.6 is 0 Å². The Bertz CT molecular complexity index is 1150. The molecule has 1 saturated carbocycles. The van der Waals surface area contributed by atoms with Crippen molar-refractivity contribution in [2.75, 3.05) is 0 Å². The van der Waals surface area contributed by atoms with E-state index in [0.29, 0.717) is 5.92 Å². The van der Waals surface area contributed by atoms with E-state index in [1.807, 2.05) is 12.1 Å². The Morgan fingerprint density at radius 1 is 1.05 bits per heavy atom. The smallest absolute Gasteiger partial charge is 0.195 e. The zero-order chi connectivity index (χ0) is 27.3. The summed E-state index contributed by atoms with van der Waals surface area (Å²) in [5.41, 5.74) is 7.66. The van der Waals surface area contributed by atoms with Gasteiger partial charge < -0.3 is 4.43 Å². The Hall–Kier alpha value is -1.78. The quantitative estimate of drug-likeness (QED) is 0.282. The number of aromatic nitrogens is 1. The Kier molecular flexibility index (Phi) is 7.69. The number of carbonyl (C=O) groups is 1. The minimum absolute atomic E-state index is 0.00600. The first-order chi connectivity index (χ1) is 17.1. The minimum atomic E-state index is -2.05. The first-order valence-corrected chi connectivity index (χ1v) is 17.4. The fourth-order valence-electron chi connectivity index (χ4n) is 6.09. The van der Waals surface area contributed by atoms with E-state index in [1.54, 1.807) is 0 Å². The lowest BCUT2D eigenvalue weighted by Gasteiger charge is -2.45. The highest BCUT2D eigenvalue weighted by Crippen LogP contribution is 2.52. The molecule has 2 aliphatic carbocycles. The predicted octanol–water partition coefficient (Wildman–Crippen LogP) is 9.44. The second-order valence-electron chi connectivity index (χ2n) is 14.4. The van der Waals surface area contributed by atoms with E-state index < -0.39 is 8.32 Å². The normalized spacial score (nSPS) is 20.4. The van der Waals surface area contributed by atoms with E-state index in [1.165, 1.54) is 35.2 Å². The molecule has 0 aliphatic heterocycles. The maximum Gasteiger partial charge on any atom is 0.195 e. The summed E-state index contributed by atoms with van der Waals surface area (Å²) in [5.74, 6) is 0.724. The first kappa shape index (κ1) is 28.2. The van der Waals surface area contributed by atoms with Gasteiger partial charge in [-0.15, -0.1) is 0 Å². The highest BCUT2D eigenvalue weighted by Gasteiger charge is 2.45. The Labute approximate surface area is 227 Å². The monoisotopic (exact) mass is 519 g/mol. The lowest BCUT2D eigenvalue weighted by atomic mass is 9.70. The summed E-state index contributed by atoms with van der Waals surface area (Å²) < 4.78 is 7.25. The molecule has 0 saturated heterocycles. The maximum absolute atomic E-state index is 14.4. The third kappa shape index (κ3) is 5.66. The minimum Gasteiger partial charge on any atom is -0.410 e. The van der Waals surface area contributed by atoms with E-state index in [2.05, 4.69) is 80.6 Å². The molecule has 1 aromatic heterocycles. The van der Waals surface area contributed by atoms with E-state index in [4.69, 9.17) is 9.41 Å². The molecule has 0 unspecified atom stereocenters. The van der Waals surface area contributed by atoms with Crippen LogP contribution in [-0.4, -0.2) is 19.1 Å². The molecular formula is C33H49NO2Si. The van der Waals surface area contributed by atoms with Gasteiger partial charge >= 0.3 is 0 Å². The summed E-state index contributed by atoms with van der Waals surface area (Å²) in [6, 6.07) is 8.09. The second kappa shape index (κ2) is 10.1. The van der Waals surface area contributed by atoms with Gasteiger partial charge in [-0.25, -0.2) is 0 Å². The first-order valence-electron chi connectivity index (χ1n) is 14.5. The number of nitrogens with zero attached hydrogens (tertiary/aromatic N) is 1. The molecule has 202 valence electrons. The van der Waals surface area contributed by atoms with E-state index in [0.717, 1.165) is 42.5 Å². The van der Waals surface area contributed by atoms with Gasteiger partial charge in [-0.3, -0.25) is 9.78 Å². The second-order valence-corrected chi connectivity index (χ2v) is 19.1. The molecule has 0 amide bonds. The van der Waals surface area contributed by atoms with Crippen molar-refractivity contribution in [3.63, 3.8) is 0 Å². The van der Waals surface area contributed by atoms with E-state index in [-0.39, 0.29) is 28.3 Å². The van der Waals surface area contributed by atoms with Crippen molar-refractivity contribution in [3.8, 4) is 0 Å². The summed E-state index contributed by atoms with van der Waals surface area (Å²) in [7, 11) is -2.05. The van der Waals surface area contributed by atoms with Crippen molar-refractivity contribution in [2.24, 2.45) is 5.41 Å². The molecule has 1 heterocycles. The maximum atomic E-state index is 14.4. The standard InChI is InChI=1S/C33H49NO2Si/c1-21(2)30-29(31(35)24-17-15-22(3)16-18-24)27(23-13-11-12-14-23)28-25(34-30)19-33(7,8)20-26(28)36-37(9,10)32(4,5)6/h15-18,21,23,26H,11-14,19-20H2,1-10H3/t26-/m0/s1. The van der Waals surface area contributed by atoms with Gasteiger partial charge in [0.1, 0.15) is 0 Å². The predicted molar refractivity (Wildman–Crippen MR) is 157 cm³/mol. The van der Waals surface area contributed by atoms with Crippen LogP contribution in [0, 0.1) is 12.3 Å². The zero-order valence-electron chi connectivity index (χ0n) is 25.0. The van der Waals surface area contributed by atoms with Gasteiger partial charge in [0.2, 0.25) is 0 Å². The van der Waals surface area contributed by atoms with Gasteiger partial charge in [-0.2, -0.15) is 0 Å². The fourth-order valence-corrected chi connectivity index (χ4v) is 7.36. The van der Waals surface area contributed by atoms with Crippen LogP contribution in [0.5, 0.6) is 0 Å². The number of rotatable bonds is 6. The van der Waals surface area contributed by atoms with Gasteiger partial charge in [0, 0.05) is 22.4 Å². The molecule has 1 fully saturated rings. The van der Waals surface area contributed by atoms with Crippen LogP contribution in [0.3, 0.4) is 0 Å². The molecule has 4 rings (SSSR count). The third-order valence-electron chi connectivity index (χ3n) is 9.18. The van der Waals surface area contributed by atoms with Crippen LogP contribution in [0.25, 0.3) is 0 Å². The van der Waals surface area contributed by atoms with E-state index >= 15 is 0 Å². The Balaban J connectivity index is 2.00. The van der Waals surface area contributed by atoms with Gasteiger partial charge in [0.25, 0.3) is 0 Å². The fraction of sp³-hybridized carbons (Fsp3) is 0.636. The van der Waals surface area contributed by atoms with Gasteiger partial charge in [-0.1, -0.05) is 91.1 Å². The molecule has 3 nitrogen and oxygen atoms in total. The number of benzene rings is 1. The van der Waals surface area contributed by atoms with Gasteiger partial charge in [0.05, 0.1) is 11.8 Å². The third-order valence-corrected chi connectivity index (χ3v) is 13.7. The molecule has 0 spiro atoms. The van der Waals surface area contributed by atoms with Crippen molar-refractivity contribution in [1.29, 1.82) is 0 Å². The summed E-state index contributed by atoms with van der Waals surface area (Å²) in [5, 5.41) is 0.119. The van der Waals surface area contributed by atoms with E-state index in [9.17, 15) is 4.79 Å². The van der Waals surface area contributed by atoms with Crippen molar-refractivity contribution < 1.29 is 9.22 Å². The molecule has 0 N–H and O–H groups in total. The summed E-state index contributed by atoms with van der Waals surface area (Å²) in [6.45, 7) is 22.8. The molecular weight excluding hydrogens is 470 g/mol. The van der Waals surface area contributed by atoms with Crippen LogP contribution in [0.15, 0.2) is 24.3 Å².